The van der Waals surface area contributed by atoms with Gasteiger partial charge in [-0.25, -0.2) is 15.0 Å². The number of rotatable bonds is 6. The lowest BCUT2D eigenvalue weighted by molar-refractivity contribution is 0.361. The molecule has 2 unspecified atom stereocenters. The van der Waals surface area contributed by atoms with Gasteiger partial charge in [0, 0.05) is 58.8 Å². The third-order valence-electron chi connectivity index (χ3n) is 10.3. The van der Waals surface area contributed by atoms with Gasteiger partial charge in [-0.3, -0.25) is 9.67 Å². The zero-order valence-corrected chi connectivity index (χ0v) is 31.5. The van der Waals surface area contributed by atoms with E-state index in [1.54, 1.807) is 22.7 Å². The molecule has 9 heterocycles. The van der Waals surface area contributed by atoms with Gasteiger partial charge in [-0.05, 0) is 101 Å². The summed E-state index contributed by atoms with van der Waals surface area (Å²) in [7, 11) is 1.98. The van der Waals surface area contributed by atoms with E-state index in [4.69, 9.17) is 19.9 Å². The maximum Gasteiger partial charge on any atom is 0.159 e. The van der Waals surface area contributed by atoms with Crippen LogP contribution < -0.4 is 10.6 Å². The van der Waals surface area contributed by atoms with Crippen LogP contribution in [0.4, 0.5) is 0 Å². The Morgan fingerprint density at radius 3 is 2.32 bits per heavy atom. The van der Waals surface area contributed by atoms with Crippen molar-refractivity contribution in [3.8, 4) is 21.3 Å². The van der Waals surface area contributed by atoms with Crippen molar-refractivity contribution in [2.75, 3.05) is 19.6 Å². The van der Waals surface area contributed by atoms with Gasteiger partial charge >= 0.3 is 0 Å². The first-order valence-corrected chi connectivity index (χ1v) is 20.7. The van der Waals surface area contributed by atoms with Crippen molar-refractivity contribution in [1.29, 1.82) is 0 Å². The third kappa shape index (κ3) is 5.59. The van der Waals surface area contributed by atoms with Gasteiger partial charge in [-0.2, -0.15) is 5.10 Å². The molecule has 7 aromatic heterocycles. The van der Waals surface area contributed by atoms with Crippen LogP contribution >= 0.6 is 45.3 Å². The normalized spacial score (nSPS) is 19.2. The van der Waals surface area contributed by atoms with Crippen LogP contribution in [-0.2, 0) is 13.5 Å². The van der Waals surface area contributed by atoms with E-state index in [0.717, 1.165) is 86.8 Å². The number of thiazole rings is 2. The molecule has 10 rings (SSSR count). The summed E-state index contributed by atoms with van der Waals surface area (Å²) in [6, 6.07) is 9.57. The number of fused-ring (bicyclic) bond motifs is 4. The molecular weight excluding hydrogens is 699 g/mol. The molecule has 13 heteroatoms. The predicted molar refractivity (Wildman–Crippen MR) is 208 cm³/mol. The summed E-state index contributed by atoms with van der Waals surface area (Å²) in [5, 5.41) is 15.2. The third-order valence-corrected chi connectivity index (χ3v) is 15.0. The van der Waals surface area contributed by atoms with Crippen LogP contribution in [0.1, 0.15) is 64.2 Å². The number of piperidine rings is 2. The summed E-state index contributed by atoms with van der Waals surface area (Å²) in [6.07, 6.45) is 11.8. The first kappa shape index (κ1) is 31.2. The van der Waals surface area contributed by atoms with Gasteiger partial charge in [0.05, 0.1) is 26.3 Å². The van der Waals surface area contributed by atoms with Gasteiger partial charge in [-0.1, -0.05) is 0 Å². The maximum absolute atomic E-state index is 5.14. The van der Waals surface area contributed by atoms with Crippen molar-refractivity contribution in [1.82, 2.24) is 44.8 Å². The number of imidazole rings is 1. The quantitative estimate of drug-likeness (QED) is 0.177. The van der Waals surface area contributed by atoms with Crippen LogP contribution in [0, 0.1) is 13.8 Å². The molecule has 2 atom stereocenters. The predicted octanol–water partition coefficient (Wildman–Crippen LogP) is 8.45. The fraction of sp³-hybridized carbons (Fsp3) is 0.378. The van der Waals surface area contributed by atoms with Crippen LogP contribution in [0.25, 0.3) is 56.9 Å². The Morgan fingerprint density at radius 1 is 0.780 bits per heavy atom. The average molecular weight is 736 g/mol. The molecule has 2 saturated heterocycles. The van der Waals surface area contributed by atoms with Crippen molar-refractivity contribution in [3.63, 3.8) is 0 Å². The van der Waals surface area contributed by atoms with E-state index in [2.05, 4.69) is 76.8 Å². The van der Waals surface area contributed by atoms with Crippen molar-refractivity contribution < 1.29 is 0 Å². The minimum atomic E-state index is 0.337. The molecule has 0 saturated carbocycles. The molecule has 0 spiro atoms. The average Bonchev–Trinajstić information content (AvgIpc) is 3.94. The minimum Gasteiger partial charge on any atom is -0.317 e. The molecule has 9 nitrogen and oxygen atoms in total. The molecule has 2 fully saturated rings. The number of thiophene rings is 2. The summed E-state index contributed by atoms with van der Waals surface area (Å²) in [5.74, 6) is 1.18. The van der Waals surface area contributed by atoms with Gasteiger partial charge in [0.1, 0.15) is 25.4 Å². The molecule has 0 aliphatic carbocycles. The molecule has 2 N–H and O–H groups in total. The van der Waals surface area contributed by atoms with Crippen LogP contribution in [0.5, 0.6) is 0 Å². The first-order chi connectivity index (χ1) is 24.4. The number of nitrogens with one attached hydrogen (secondary N) is 2. The molecule has 2 aliphatic rings. The van der Waals surface area contributed by atoms with E-state index in [1.165, 1.54) is 48.5 Å². The van der Waals surface area contributed by atoms with Crippen LogP contribution in [0.3, 0.4) is 0 Å². The number of hydrogen-bond acceptors (Lipinski definition) is 11. The number of nitrogens with zero attached hydrogens (tertiary/aromatic N) is 7. The fourth-order valence-corrected chi connectivity index (χ4v) is 12.6. The molecule has 0 bridgehead atoms. The Kier molecular flexibility index (Phi) is 7.65. The molecule has 0 amide bonds. The molecule has 254 valence electrons. The highest BCUT2D eigenvalue weighted by molar-refractivity contribution is 7.29. The van der Waals surface area contributed by atoms with E-state index in [0.29, 0.717) is 17.9 Å². The van der Waals surface area contributed by atoms with E-state index in [1.807, 2.05) is 34.4 Å². The minimum absolute atomic E-state index is 0.337. The van der Waals surface area contributed by atoms with Gasteiger partial charge < -0.3 is 15.0 Å². The summed E-state index contributed by atoms with van der Waals surface area (Å²) in [6.45, 7) is 7.44. The lowest BCUT2D eigenvalue weighted by Crippen LogP contribution is -2.39. The molecule has 50 heavy (non-hydrogen) atoms. The summed E-state index contributed by atoms with van der Waals surface area (Å²) < 4.78 is 6.62. The zero-order chi connectivity index (χ0) is 33.5. The van der Waals surface area contributed by atoms with Crippen molar-refractivity contribution in [2.45, 2.75) is 63.8 Å². The molecule has 0 radical (unpaired) electrons. The molecular formula is C37H37N9S4. The molecule has 8 aromatic rings. The highest BCUT2D eigenvalue weighted by Gasteiger charge is 2.27. The largest absolute Gasteiger partial charge is 0.317 e. The maximum atomic E-state index is 5.14. The topological polar surface area (TPSA) is 97.9 Å². The van der Waals surface area contributed by atoms with Crippen LogP contribution in [0.2, 0.25) is 0 Å². The highest BCUT2D eigenvalue weighted by atomic mass is 32.1. The Morgan fingerprint density at radius 2 is 1.52 bits per heavy atom. The Bertz CT molecular complexity index is 2480. The van der Waals surface area contributed by atoms with E-state index >= 15 is 0 Å². The van der Waals surface area contributed by atoms with Crippen molar-refractivity contribution >= 4 is 81.0 Å². The number of hydrogen-bond donors (Lipinski definition) is 2. The first-order valence-electron chi connectivity index (χ1n) is 17.4. The standard InChI is InChI=1S/C37H37N9S4/c1-19-10-23(11-24-17-45(3)44-32(19)24)34-42-36-30(49-34)15-29(48-36)22-6-9-39-25(12-22)13-26-33-41-27(18-46(33)16-20(2)40-26)35-43-37-31(50-35)14-28(47-37)21-4-7-38-8-5-21/h10-11,14-18,21-22,25,38-39H,4-9,12-13H2,1-3H3. The monoisotopic (exact) mass is 735 g/mol. The number of aromatic nitrogens is 7. The van der Waals surface area contributed by atoms with Gasteiger partial charge in [0.15, 0.2) is 5.65 Å². The van der Waals surface area contributed by atoms with E-state index in [9.17, 15) is 0 Å². The lowest BCUT2D eigenvalue weighted by atomic mass is 9.89. The van der Waals surface area contributed by atoms with Gasteiger partial charge in [0.25, 0.3) is 0 Å². The summed E-state index contributed by atoms with van der Waals surface area (Å²) in [4.78, 5) is 25.6. The zero-order valence-electron chi connectivity index (χ0n) is 28.2. The number of benzene rings is 1. The second kappa shape index (κ2) is 12.3. The SMILES string of the molecule is Cc1cn2cc(-c3nc4sc(C5CCNCC5)cc4s3)nc2c(CC2CC(c3cc4sc(-c5cc(C)c6nn(C)cc6c5)nc4s3)CCN2)n1. The Labute approximate surface area is 305 Å². The van der Waals surface area contributed by atoms with E-state index in [-0.39, 0.29) is 0 Å². The smallest absolute Gasteiger partial charge is 0.159 e. The Hall–Kier alpha value is -3.59. The summed E-state index contributed by atoms with van der Waals surface area (Å²) in [5.41, 5.74) is 7.37. The van der Waals surface area contributed by atoms with Gasteiger partial charge in [-0.15, -0.1) is 45.3 Å². The van der Waals surface area contributed by atoms with Crippen LogP contribution in [-0.4, -0.2) is 59.8 Å². The van der Waals surface area contributed by atoms with Gasteiger partial charge in [0.2, 0.25) is 0 Å². The molecule has 1 aromatic carbocycles. The summed E-state index contributed by atoms with van der Waals surface area (Å²) >= 11 is 7.31. The second-order valence-corrected chi connectivity index (χ2v) is 18.2. The Balaban J connectivity index is 0.874. The van der Waals surface area contributed by atoms with Crippen molar-refractivity contribution in [3.05, 3.63) is 69.6 Å². The highest BCUT2D eigenvalue weighted by Crippen LogP contribution is 2.42. The number of aryl methyl sites for hydroxylation is 3. The molecule has 2 aliphatic heterocycles. The van der Waals surface area contributed by atoms with E-state index < -0.39 is 0 Å². The fourth-order valence-electron chi connectivity index (χ4n) is 7.89. The van der Waals surface area contributed by atoms with Crippen LogP contribution in [0.15, 0.2) is 42.9 Å². The second-order valence-electron chi connectivity index (χ2n) is 14.0. The van der Waals surface area contributed by atoms with Crippen molar-refractivity contribution in [2.24, 2.45) is 7.05 Å². The lowest BCUT2D eigenvalue weighted by Gasteiger charge is -2.29.